The highest BCUT2D eigenvalue weighted by Crippen LogP contribution is 2.69. The molecule has 1 aromatic carbocycles. The molecule has 2 aromatic heterocycles. The number of pyridine rings is 1. The zero-order valence-electron chi connectivity index (χ0n) is 17.5. The first-order chi connectivity index (χ1) is 14.8. The van der Waals surface area contributed by atoms with Crippen LogP contribution < -0.4 is 5.32 Å². The largest absolute Gasteiger partial charge is 0.354 e. The summed E-state index contributed by atoms with van der Waals surface area (Å²) in [5, 5.41) is 11.4. The Kier molecular flexibility index (Phi) is 4.22. The van der Waals surface area contributed by atoms with Gasteiger partial charge in [0, 0.05) is 7.05 Å². The van der Waals surface area contributed by atoms with E-state index in [4.69, 9.17) is 4.98 Å². The summed E-state index contributed by atoms with van der Waals surface area (Å²) in [7, 11) is 1.57. The zero-order valence-corrected chi connectivity index (χ0v) is 17.5. The fourth-order valence-electron chi connectivity index (χ4n) is 5.68. The molecule has 1 saturated carbocycles. The number of hydrogen-bond acceptors (Lipinski definition) is 4. The summed E-state index contributed by atoms with van der Waals surface area (Å²) in [6.45, 7) is 4.34. The number of carbonyl (C=O) groups excluding carboxylic acids is 1. The molecule has 5 rings (SSSR count). The van der Waals surface area contributed by atoms with Crippen molar-refractivity contribution in [2.75, 3.05) is 7.05 Å². The van der Waals surface area contributed by atoms with E-state index >= 15 is 0 Å². The highest BCUT2D eigenvalue weighted by Gasteiger charge is 2.65. The van der Waals surface area contributed by atoms with Gasteiger partial charge in [0.2, 0.25) is 0 Å². The summed E-state index contributed by atoms with van der Waals surface area (Å²) in [5.74, 6) is -1.42. The second kappa shape index (κ2) is 6.64. The molecule has 31 heavy (non-hydrogen) atoms. The van der Waals surface area contributed by atoms with Gasteiger partial charge in [-0.15, -0.1) is 5.10 Å². The minimum Gasteiger partial charge on any atom is -0.354 e. The molecule has 2 aliphatic rings. The van der Waals surface area contributed by atoms with Crippen LogP contribution in [0.1, 0.15) is 60.0 Å². The van der Waals surface area contributed by atoms with E-state index in [-0.39, 0.29) is 28.5 Å². The maximum atomic E-state index is 14.4. The van der Waals surface area contributed by atoms with Gasteiger partial charge < -0.3 is 5.32 Å². The smallest absolute Gasteiger partial charge is 0.269 e. The van der Waals surface area contributed by atoms with Crippen LogP contribution >= 0.6 is 0 Å². The zero-order chi connectivity index (χ0) is 22.0. The lowest BCUT2D eigenvalue weighted by Crippen LogP contribution is -2.38. The number of rotatable bonds is 3. The first-order valence-corrected chi connectivity index (χ1v) is 10.3. The summed E-state index contributed by atoms with van der Waals surface area (Å²) < 4.78 is 28.7. The third-order valence-corrected chi connectivity index (χ3v) is 7.25. The van der Waals surface area contributed by atoms with Gasteiger partial charge in [-0.2, -0.15) is 5.10 Å². The third kappa shape index (κ3) is 2.52. The molecule has 0 radical (unpaired) electrons. The minimum atomic E-state index is -0.661. The maximum Gasteiger partial charge on any atom is 0.269 e. The van der Waals surface area contributed by atoms with Crippen LogP contribution in [-0.2, 0) is 5.41 Å². The Morgan fingerprint density at radius 3 is 2.52 bits per heavy atom. The molecular weight excluding hydrogens is 398 g/mol. The quantitative estimate of drug-likeness (QED) is 0.683. The van der Waals surface area contributed by atoms with Crippen LogP contribution in [0.15, 0.2) is 42.5 Å². The molecule has 5 nitrogen and oxygen atoms in total. The van der Waals surface area contributed by atoms with Crippen molar-refractivity contribution in [2.45, 2.75) is 38.0 Å². The number of hydrogen-bond donors (Lipinski definition) is 1. The van der Waals surface area contributed by atoms with Gasteiger partial charge in [-0.25, -0.2) is 13.8 Å². The predicted molar refractivity (Wildman–Crippen MR) is 112 cm³/mol. The van der Waals surface area contributed by atoms with Crippen molar-refractivity contribution in [3.8, 4) is 11.3 Å². The molecule has 0 spiro atoms. The fourth-order valence-corrected chi connectivity index (χ4v) is 5.68. The van der Waals surface area contributed by atoms with Crippen molar-refractivity contribution in [2.24, 2.45) is 5.41 Å². The van der Waals surface area contributed by atoms with E-state index in [1.807, 2.05) is 12.1 Å². The van der Waals surface area contributed by atoms with Crippen LogP contribution in [-0.4, -0.2) is 28.1 Å². The monoisotopic (exact) mass is 420 g/mol. The molecule has 3 aromatic rings. The minimum absolute atomic E-state index is 0.150. The molecular formula is C24H22F2N4O. The van der Waals surface area contributed by atoms with E-state index in [0.717, 1.165) is 29.8 Å². The summed E-state index contributed by atoms with van der Waals surface area (Å²) >= 11 is 0. The van der Waals surface area contributed by atoms with Crippen LogP contribution in [0.25, 0.3) is 11.3 Å². The lowest BCUT2D eigenvalue weighted by atomic mass is 9.66. The molecule has 2 aliphatic carbocycles. The number of carbonyl (C=O) groups is 1. The van der Waals surface area contributed by atoms with Gasteiger partial charge in [-0.1, -0.05) is 26.0 Å². The Morgan fingerprint density at radius 2 is 1.81 bits per heavy atom. The van der Waals surface area contributed by atoms with Crippen molar-refractivity contribution in [1.29, 1.82) is 0 Å². The van der Waals surface area contributed by atoms with Crippen molar-refractivity contribution in [3.05, 3.63) is 76.7 Å². The number of halogens is 2. The molecule has 2 heterocycles. The number of nitrogens with zero attached hydrogens (tertiary/aromatic N) is 3. The standard InChI is InChI=1S/C24H22F2N4O/c1-23(2)14-10-11-24(23,19-9-5-8-17(28-19)22(31)27-3)21-13(14)12-18(29-30-21)20-15(25)6-4-7-16(20)26/h4-9,12,14H,10-11H2,1-3H3,(H,27,31)/t14-,24+/m0/s1. The molecule has 0 unspecified atom stereocenters. The van der Waals surface area contributed by atoms with E-state index < -0.39 is 17.0 Å². The number of nitrogens with one attached hydrogen (secondary N) is 1. The summed E-state index contributed by atoms with van der Waals surface area (Å²) in [6, 6.07) is 11.0. The van der Waals surface area contributed by atoms with E-state index in [1.54, 1.807) is 19.2 Å². The Hall–Kier alpha value is -3.22. The summed E-state index contributed by atoms with van der Waals surface area (Å²) in [4.78, 5) is 16.9. The lowest BCUT2D eigenvalue weighted by molar-refractivity contribution is 0.0957. The average molecular weight is 420 g/mol. The first-order valence-electron chi connectivity index (χ1n) is 10.3. The molecule has 2 atom stereocenters. The van der Waals surface area contributed by atoms with Crippen molar-refractivity contribution < 1.29 is 13.6 Å². The molecule has 0 saturated heterocycles. The highest BCUT2D eigenvalue weighted by atomic mass is 19.1. The van der Waals surface area contributed by atoms with E-state index in [0.29, 0.717) is 5.69 Å². The van der Waals surface area contributed by atoms with Gasteiger partial charge >= 0.3 is 0 Å². The first kappa shape index (κ1) is 19.7. The van der Waals surface area contributed by atoms with Gasteiger partial charge in [0.1, 0.15) is 17.3 Å². The topological polar surface area (TPSA) is 67.8 Å². The van der Waals surface area contributed by atoms with Gasteiger partial charge in [-0.3, -0.25) is 4.79 Å². The Bertz CT molecular complexity index is 1210. The van der Waals surface area contributed by atoms with E-state index in [9.17, 15) is 13.6 Å². The van der Waals surface area contributed by atoms with Crippen LogP contribution in [0.3, 0.4) is 0 Å². The molecule has 2 bridgehead atoms. The van der Waals surface area contributed by atoms with Crippen molar-refractivity contribution in [3.63, 3.8) is 0 Å². The Labute approximate surface area is 178 Å². The van der Waals surface area contributed by atoms with E-state index in [1.165, 1.54) is 18.2 Å². The van der Waals surface area contributed by atoms with Crippen LogP contribution in [0.2, 0.25) is 0 Å². The van der Waals surface area contributed by atoms with Crippen molar-refractivity contribution in [1.82, 2.24) is 20.5 Å². The Balaban J connectivity index is 1.70. The predicted octanol–water partition coefficient (Wildman–Crippen LogP) is 4.38. The number of aromatic nitrogens is 3. The second-order valence-electron chi connectivity index (χ2n) is 8.84. The SMILES string of the molecule is CNC(=O)c1cccc([C@]23CC[C@@H](c4cc(-c5c(F)cccc5F)nnc42)C3(C)C)n1. The normalized spacial score (nSPS) is 22.9. The molecule has 1 fully saturated rings. The highest BCUT2D eigenvalue weighted by molar-refractivity contribution is 5.92. The van der Waals surface area contributed by atoms with Crippen molar-refractivity contribution >= 4 is 5.91 Å². The number of fused-ring (bicyclic) bond motifs is 5. The Morgan fingerprint density at radius 1 is 1.10 bits per heavy atom. The number of benzene rings is 1. The summed E-state index contributed by atoms with van der Waals surface area (Å²) in [5.41, 5.74) is 2.14. The maximum absolute atomic E-state index is 14.4. The molecule has 1 N–H and O–H groups in total. The molecule has 1 amide bonds. The van der Waals surface area contributed by atoms with Gasteiger partial charge in [0.05, 0.1) is 28.1 Å². The fraction of sp³-hybridized carbons (Fsp3) is 0.333. The average Bonchev–Trinajstić information content (AvgIpc) is 3.14. The van der Waals surface area contributed by atoms with Gasteiger partial charge in [-0.05, 0) is 60.1 Å². The molecule has 0 aliphatic heterocycles. The lowest BCUT2D eigenvalue weighted by Gasteiger charge is -2.37. The van der Waals surface area contributed by atoms with E-state index in [2.05, 4.69) is 29.4 Å². The number of amides is 1. The van der Waals surface area contributed by atoms with Gasteiger partial charge in [0.25, 0.3) is 5.91 Å². The van der Waals surface area contributed by atoms with Crippen LogP contribution in [0.4, 0.5) is 8.78 Å². The summed E-state index contributed by atoms with van der Waals surface area (Å²) in [6.07, 6.45) is 1.72. The molecule has 158 valence electrons. The van der Waals surface area contributed by atoms with Gasteiger partial charge in [0.15, 0.2) is 0 Å². The van der Waals surface area contributed by atoms with Crippen LogP contribution in [0.5, 0.6) is 0 Å². The molecule has 7 heteroatoms. The third-order valence-electron chi connectivity index (χ3n) is 7.25. The second-order valence-corrected chi connectivity index (χ2v) is 8.84. The van der Waals surface area contributed by atoms with Crippen LogP contribution in [0, 0.1) is 17.0 Å².